The maximum atomic E-state index is 13.2. The van der Waals surface area contributed by atoms with Crippen molar-refractivity contribution in [1.29, 1.82) is 0 Å². The molecule has 0 spiro atoms. The van der Waals surface area contributed by atoms with Crippen LogP contribution in [0.2, 0.25) is 0 Å². The molecule has 22 heavy (non-hydrogen) atoms. The topological polar surface area (TPSA) is 42.0 Å². The SMILES string of the molecule is Cc1ccsc1C(=O)Nc1ncc(Cc2cccc(F)c2)s1. The molecule has 1 amide bonds. The number of rotatable bonds is 4. The Labute approximate surface area is 135 Å². The van der Waals surface area contributed by atoms with Crippen molar-refractivity contribution in [2.45, 2.75) is 13.3 Å². The number of nitrogens with one attached hydrogen (secondary N) is 1. The largest absolute Gasteiger partial charge is 0.297 e. The van der Waals surface area contributed by atoms with E-state index in [1.54, 1.807) is 12.3 Å². The summed E-state index contributed by atoms with van der Waals surface area (Å²) >= 11 is 2.82. The fourth-order valence-corrected chi connectivity index (χ4v) is 3.72. The molecule has 0 aliphatic rings. The van der Waals surface area contributed by atoms with Gasteiger partial charge in [-0.1, -0.05) is 12.1 Å². The summed E-state index contributed by atoms with van der Waals surface area (Å²) in [5, 5.41) is 5.26. The molecule has 0 aliphatic heterocycles. The Bertz CT molecular complexity index is 810. The second kappa shape index (κ2) is 6.37. The number of thiophene rings is 1. The molecular weight excluding hydrogens is 319 g/mol. The molecule has 2 heterocycles. The number of amides is 1. The van der Waals surface area contributed by atoms with Gasteiger partial charge in [0.15, 0.2) is 5.13 Å². The minimum absolute atomic E-state index is 0.140. The highest BCUT2D eigenvalue weighted by molar-refractivity contribution is 7.16. The van der Waals surface area contributed by atoms with Gasteiger partial charge in [0.05, 0.1) is 4.88 Å². The number of aryl methyl sites for hydroxylation is 1. The van der Waals surface area contributed by atoms with Crippen molar-refractivity contribution >= 4 is 33.7 Å². The fourth-order valence-electron chi connectivity index (χ4n) is 2.05. The summed E-state index contributed by atoms with van der Waals surface area (Å²) < 4.78 is 13.2. The molecule has 0 aliphatic carbocycles. The van der Waals surface area contributed by atoms with E-state index in [1.165, 1.54) is 34.8 Å². The van der Waals surface area contributed by atoms with Crippen LogP contribution in [0.4, 0.5) is 9.52 Å². The van der Waals surface area contributed by atoms with Gasteiger partial charge in [-0.05, 0) is 41.6 Å². The quantitative estimate of drug-likeness (QED) is 0.764. The van der Waals surface area contributed by atoms with Crippen molar-refractivity contribution in [3.63, 3.8) is 0 Å². The zero-order valence-corrected chi connectivity index (χ0v) is 13.4. The third-order valence-corrected chi connectivity index (χ3v) is 5.04. The number of carbonyl (C=O) groups is 1. The first kappa shape index (κ1) is 14.9. The lowest BCUT2D eigenvalue weighted by molar-refractivity contribution is 0.103. The Morgan fingerprint density at radius 2 is 2.23 bits per heavy atom. The molecule has 6 heteroatoms. The van der Waals surface area contributed by atoms with Crippen LogP contribution in [0.5, 0.6) is 0 Å². The van der Waals surface area contributed by atoms with E-state index < -0.39 is 0 Å². The maximum absolute atomic E-state index is 13.2. The lowest BCUT2D eigenvalue weighted by Crippen LogP contribution is -2.10. The van der Waals surface area contributed by atoms with E-state index in [0.717, 1.165) is 16.0 Å². The molecule has 2 aromatic heterocycles. The minimum Gasteiger partial charge on any atom is -0.297 e. The van der Waals surface area contributed by atoms with Crippen molar-refractivity contribution in [2.24, 2.45) is 0 Å². The molecule has 1 aromatic carbocycles. The van der Waals surface area contributed by atoms with E-state index >= 15 is 0 Å². The molecule has 112 valence electrons. The summed E-state index contributed by atoms with van der Waals surface area (Å²) in [6.07, 6.45) is 2.32. The third kappa shape index (κ3) is 3.40. The average Bonchev–Trinajstić information content (AvgIpc) is 3.08. The smallest absolute Gasteiger partial charge is 0.267 e. The summed E-state index contributed by atoms with van der Waals surface area (Å²) in [7, 11) is 0. The number of carbonyl (C=O) groups excluding carboxylic acids is 1. The second-order valence-electron chi connectivity index (χ2n) is 4.83. The van der Waals surface area contributed by atoms with Gasteiger partial charge >= 0.3 is 0 Å². The first-order valence-corrected chi connectivity index (χ1v) is 8.36. The molecule has 0 unspecified atom stereocenters. The Morgan fingerprint density at radius 1 is 1.36 bits per heavy atom. The number of benzene rings is 1. The Balaban J connectivity index is 1.69. The molecular formula is C16H13FN2OS2. The van der Waals surface area contributed by atoms with Gasteiger partial charge in [0.2, 0.25) is 0 Å². The van der Waals surface area contributed by atoms with E-state index in [2.05, 4.69) is 10.3 Å². The number of anilines is 1. The lowest BCUT2D eigenvalue weighted by Gasteiger charge is -2.00. The van der Waals surface area contributed by atoms with Gasteiger partial charge in [-0.15, -0.1) is 22.7 Å². The third-order valence-electron chi connectivity index (χ3n) is 3.11. The lowest BCUT2D eigenvalue weighted by atomic mass is 10.1. The molecule has 3 aromatic rings. The summed E-state index contributed by atoms with van der Waals surface area (Å²) in [6.45, 7) is 1.91. The molecule has 0 radical (unpaired) electrons. The van der Waals surface area contributed by atoms with E-state index in [-0.39, 0.29) is 11.7 Å². The first-order valence-electron chi connectivity index (χ1n) is 6.66. The molecule has 0 fully saturated rings. The molecule has 3 nitrogen and oxygen atoms in total. The number of halogens is 1. The van der Waals surface area contributed by atoms with Crippen molar-refractivity contribution in [3.8, 4) is 0 Å². The van der Waals surface area contributed by atoms with Crippen molar-refractivity contribution < 1.29 is 9.18 Å². The molecule has 0 saturated heterocycles. The summed E-state index contributed by atoms with van der Waals surface area (Å²) in [5.41, 5.74) is 1.84. The van der Waals surface area contributed by atoms with Gasteiger partial charge in [0, 0.05) is 17.5 Å². The predicted molar refractivity (Wildman–Crippen MR) is 88.3 cm³/mol. The van der Waals surface area contributed by atoms with Crippen LogP contribution < -0.4 is 5.32 Å². The van der Waals surface area contributed by atoms with Gasteiger partial charge in [-0.25, -0.2) is 9.37 Å². The zero-order chi connectivity index (χ0) is 15.5. The summed E-state index contributed by atoms with van der Waals surface area (Å²) in [6, 6.07) is 8.40. The van der Waals surface area contributed by atoms with Crippen LogP contribution in [-0.2, 0) is 6.42 Å². The van der Waals surface area contributed by atoms with Crippen LogP contribution in [0, 0.1) is 12.7 Å². The van der Waals surface area contributed by atoms with Crippen LogP contribution >= 0.6 is 22.7 Å². The highest BCUT2D eigenvalue weighted by Gasteiger charge is 2.12. The first-order chi connectivity index (χ1) is 10.6. The van der Waals surface area contributed by atoms with Crippen LogP contribution in [0.15, 0.2) is 41.9 Å². The second-order valence-corrected chi connectivity index (χ2v) is 6.86. The number of nitrogens with zero attached hydrogens (tertiary/aromatic N) is 1. The van der Waals surface area contributed by atoms with E-state index in [1.807, 2.05) is 24.4 Å². The van der Waals surface area contributed by atoms with Crippen LogP contribution in [0.25, 0.3) is 0 Å². The number of hydrogen-bond acceptors (Lipinski definition) is 4. The average molecular weight is 332 g/mol. The van der Waals surface area contributed by atoms with Crippen molar-refractivity contribution in [1.82, 2.24) is 4.98 Å². The summed E-state index contributed by atoms with van der Waals surface area (Å²) in [4.78, 5) is 18.0. The van der Waals surface area contributed by atoms with Crippen molar-refractivity contribution in [2.75, 3.05) is 5.32 Å². The molecule has 0 atom stereocenters. The molecule has 0 saturated carbocycles. The Kier molecular flexibility index (Phi) is 4.31. The van der Waals surface area contributed by atoms with E-state index in [0.29, 0.717) is 16.4 Å². The number of hydrogen-bond donors (Lipinski definition) is 1. The monoisotopic (exact) mass is 332 g/mol. The normalized spacial score (nSPS) is 10.6. The number of aromatic nitrogens is 1. The highest BCUT2D eigenvalue weighted by Crippen LogP contribution is 2.23. The minimum atomic E-state index is -0.247. The summed E-state index contributed by atoms with van der Waals surface area (Å²) in [5.74, 6) is -0.386. The van der Waals surface area contributed by atoms with E-state index in [4.69, 9.17) is 0 Å². The van der Waals surface area contributed by atoms with Crippen LogP contribution in [-0.4, -0.2) is 10.9 Å². The zero-order valence-electron chi connectivity index (χ0n) is 11.8. The van der Waals surface area contributed by atoms with Gasteiger partial charge < -0.3 is 0 Å². The number of thiazole rings is 1. The van der Waals surface area contributed by atoms with E-state index in [9.17, 15) is 9.18 Å². The van der Waals surface area contributed by atoms with Gasteiger partial charge in [0.25, 0.3) is 5.91 Å². The van der Waals surface area contributed by atoms with Crippen LogP contribution in [0.1, 0.15) is 25.7 Å². The van der Waals surface area contributed by atoms with Gasteiger partial charge in [0.1, 0.15) is 5.82 Å². The standard InChI is InChI=1S/C16H13FN2OS2/c1-10-5-6-21-14(10)15(20)19-16-18-9-13(22-16)8-11-3-2-4-12(17)7-11/h2-7,9H,8H2,1H3,(H,18,19,20). The van der Waals surface area contributed by atoms with Gasteiger partial charge in [-0.2, -0.15) is 0 Å². The van der Waals surface area contributed by atoms with Crippen molar-refractivity contribution in [3.05, 3.63) is 68.6 Å². The highest BCUT2D eigenvalue weighted by atomic mass is 32.1. The Morgan fingerprint density at radius 3 is 2.95 bits per heavy atom. The fraction of sp³-hybridized carbons (Fsp3) is 0.125. The predicted octanol–water partition coefficient (Wildman–Crippen LogP) is 4.50. The maximum Gasteiger partial charge on any atom is 0.267 e. The molecule has 3 rings (SSSR count). The molecule has 1 N–H and O–H groups in total. The molecule has 0 bridgehead atoms. The van der Waals surface area contributed by atoms with Crippen LogP contribution in [0.3, 0.4) is 0 Å². The Hall–Kier alpha value is -2.05. The van der Waals surface area contributed by atoms with Gasteiger partial charge in [-0.3, -0.25) is 10.1 Å².